The molecule has 4 rings (SSSR count). The zero-order valence-electron chi connectivity index (χ0n) is 12.8. The fourth-order valence-electron chi connectivity index (χ4n) is 3.09. The van der Waals surface area contributed by atoms with Gasteiger partial charge in [-0.15, -0.1) is 0 Å². The van der Waals surface area contributed by atoms with Crippen molar-refractivity contribution in [1.82, 2.24) is 15.0 Å². The molecule has 1 fully saturated rings. The van der Waals surface area contributed by atoms with Crippen molar-refractivity contribution < 1.29 is 4.74 Å². The van der Waals surface area contributed by atoms with Gasteiger partial charge >= 0.3 is 0 Å². The summed E-state index contributed by atoms with van der Waals surface area (Å²) in [6, 6.07) is 12.2. The average Bonchev–Trinajstić information content (AvgIpc) is 3.09. The molecule has 2 aromatic heterocycles. The predicted molar refractivity (Wildman–Crippen MR) is 89.6 cm³/mol. The van der Waals surface area contributed by atoms with Gasteiger partial charge in [0.15, 0.2) is 5.82 Å². The molecule has 5 heteroatoms. The minimum absolute atomic E-state index is 0.315. The van der Waals surface area contributed by atoms with Gasteiger partial charge in [-0.1, -0.05) is 18.2 Å². The number of aromatic nitrogens is 3. The van der Waals surface area contributed by atoms with Gasteiger partial charge < -0.3 is 9.64 Å². The van der Waals surface area contributed by atoms with E-state index in [1.54, 1.807) is 18.6 Å². The third kappa shape index (κ3) is 2.82. The number of rotatable bonds is 4. The summed E-state index contributed by atoms with van der Waals surface area (Å²) in [5.41, 5.74) is 1.74. The van der Waals surface area contributed by atoms with Crippen LogP contribution in [-0.4, -0.2) is 34.1 Å². The van der Waals surface area contributed by atoms with Crippen LogP contribution in [-0.2, 0) is 0 Å². The van der Waals surface area contributed by atoms with Gasteiger partial charge in [-0.2, -0.15) is 0 Å². The number of nitrogens with zero attached hydrogens (tertiary/aromatic N) is 4. The summed E-state index contributed by atoms with van der Waals surface area (Å²) in [4.78, 5) is 15.7. The van der Waals surface area contributed by atoms with Crippen LogP contribution in [0.5, 0.6) is 5.75 Å². The molecule has 0 N–H and O–H groups in total. The Balaban J connectivity index is 1.57. The maximum atomic E-state index is 5.95. The first-order valence-electron chi connectivity index (χ1n) is 7.92. The van der Waals surface area contributed by atoms with Crippen LogP contribution in [0.1, 0.15) is 12.8 Å². The maximum Gasteiger partial charge on any atom is 0.157 e. The van der Waals surface area contributed by atoms with Crippen LogP contribution in [0.15, 0.2) is 55.0 Å². The maximum absolute atomic E-state index is 5.95. The average molecular weight is 306 g/mol. The van der Waals surface area contributed by atoms with Gasteiger partial charge in [0, 0.05) is 25.1 Å². The minimum atomic E-state index is 0.315. The monoisotopic (exact) mass is 306 g/mol. The fourth-order valence-corrected chi connectivity index (χ4v) is 3.09. The fraction of sp³-hybridized carbons (Fsp3) is 0.278. The molecule has 23 heavy (non-hydrogen) atoms. The highest BCUT2D eigenvalue weighted by molar-refractivity contribution is 5.85. The van der Waals surface area contributed by atoms with Crippen LogP contribution in [0.3, 0.4) is 0 Å². The zero-order chi connectivity index (χ0) is 15.5. The first-order valence-corrected chi connectivity index (χ1v) is 7.92. The second kappa shape index (κ2) is 6.20. The van der Waals surface area contributed by atoms with Gasteiger partial charge in [-0.3, -0.25) is 4.98 Å². The van der Waals surface area contributed by atoms with Gasteiger partial charge in [-0.05, 0) is 31.0 Å². The van der Waals surface area contributed by atoms with E-state index in [0.717, 1.165) is 42.0 Å². The molecule has 1 aromatic carbocycles. The van der Waals surface area contributed by atoms with Gasteiger partial charge in [0.2, 0.25) is 0 Å². The van der Waals surface area contributed by atoms with E-state index in [0.29, 0.717) is 12.6 Å². The van der Waals surface area contributed by atoms with Crippen LogP contribution in [0, 0.1) is 0 Å². The quantitative estimate of drug-likeness (QED) is 0.741. The van der Waals surface area contributed by atoms with Crippen LogP contribution in [0.2, 0.25) is 0 Å². The van der Waals surface area contributed by atoms with Crippen LogP contribution in [0.4, 0.5) is 5.82 Å². The van der Waals surface area contributed by atoms with Crippen molar-refractivity contribution in [3.8, 4) is 5.75 Å². The second-order valence-electron chi connectivity index (χ2n) is 5.67. The predicted octanol–water partition coefficient (Wildman–Crippen LogP) is 3.07. The third-order valence-electron chi connectivity index (χ3n) is 4.20. The first-order chi connectivity index (χ1) is 11.4. The Morgan fingerprint density at radius 2 is 1.87 bits per heavy atom. The molecule has 0 saturated carbocycles. The van der Waals surface area contributed by atoms with E-state index in [2.05, 4.69) is 19.9 Å². The highest BCUT2D eigenvalue weighted by atomic mass is 16.5. The number of benzene rings is 1. The molecule has 116 valence electrons. The highest BCUT2D eigenvalue weighted by Crippen LogP contribution is 2.28. The molecule has 5 nitrogen and oxygen atoms in total. The summed E-state index contributed by atoms with van der Waals surface area (Å²) in [6.07, 6.45) is 7.48. The highest BCUT2D eigenvalue weighted by Gasteiger charge is 2.28. The Hall–Kier alpha value is -2.69. The van der Waals surface area contributed by atoms with Crippen molar-refractivity contribution >= 4 is 16.9 Å². The van der Waals surface area contributed by atoms with E-state index in [4.69, 9.17) is 4.74 Å². The van der Waals surface area contributed by atoms with Crippen LogP contribution >= 0.6 is 0 Å². The molecule has 1 saturated heterocycles. The minimum Gasteiger partial charge on any atom is -0.491 e. The van der Waals surface area contributed by atoms with Crippen molar-refractivity contribution in [2.45, 2.75) is 18.9 Å². The summed E-state index contributed by atoms with van der Waals surface area (Å²) in [5, 5.41) is 0. The molecule has 1 aliphatic rings. The number of hydrogen-bond acceptors (Lipinski definition) is 5. The van der Waals surface area contributed by atoms with E-state index in [1.807, 2.05) is 36.4 Å². The van der Waals surface area contributed by atoms with Crippen molar-refractivity contribution in [1.29, 1.82) is 0 Å². The number of fused-ring (bicyclic) bond motifs is 1. The smallest absolute Gasteiger partial charge is 0.157 e. The van der Waals surface area contributed by atoms with Crippen LogP contribution < -0.4 is 9.64 Å². The molecule has 0 unspecified atom stereocenters. The Labute approximate surface area is 135 Å². The lowest BCUT2D eigenvalue weighted by Crippen LogP contribution is -2.35. The standard InChI is InChI=1S/C18H18N4O/c1-2-6-15(7-3-1)23-13-14-5-4-12-22(14)18-17-16(8-9-21-18)19-10-11-20-17/h1-3,6-11,14H,4-5,12-13H2/t14-/m0/s1. The Morgan fingerprint density at radius 3 is 2.78 bits per heavy atom. The van der Waals surface area contributed by atoms with E-state index in [9.17, 15) is 0 Å². The molecule has 0 aliphatic carbocycles. The van der Waals surface area contributed by atoms with Crippen molar-refractivity contribution in [2.75, 3.05) is 18.1 Å². The summed E-state index contributed by atoms with van der Waals surface area (Å²) < 4.78 is 5.95. The van der Waals surface area contributed by atoms with Crippen molar-refractivity contribution in [3.05, 3.63) is 55.0 Å². The number of para-hydroxylation sites is 1. The number of pyridine rings is 1. The number of ether oxygens (including phenoxy) is 1. The first kappa shape index (κ1) is 13.9. The molecule has 3 aromatic rings. The SMILES string of the molecule is c1ccc(OC[C@@H]2CCCN2c2nccc3nccnc23)cc1. The summed E-state index contributed by atoms with van der Waals surface area (Å²) in [7, 11) is 0. The Morgan fingerprint density at radius 1 is 1.00 bits per heavy atom. The summed E-state index contributed by atoms with van der Waals surface area (Å²) in [6.45, 7) is 1.63. The van der Waals surface area contributed by atoms with Crippen molar-refractivity contribution in [3.63, 3.8) is 0 Å². The second-order valence-corrected chi connectivity index (χ2v) is 5.67. The Bertz CT molecular complexity index is 788. The molecule has 3 heterocycles. The van der Waals surface area contributed by atoms with Crippen LogP contribution in [0.25, 0.3) is 11.0 Å². The molecule has 0 radical (unpaired) electrons. The van der Waals surface area contributed by atoms with Crippen molar-refractivity contribution in [2.24, 2.45) is 0 Å². The van der Waals surface area contributed by atoms with Gasteiger partial charge in [0.25, 0.3) is 0 Å². The third-order valence-corrected chi connectivity index (χ3v) is 4.20. The molecular formula is C18H18N4O. The lowest BCUT2D eigenvalue weighted by molar-refractivity contribution is 0.288. The number of anilines is 1. The van der Waals surface area contributed by atoms with Gasteiger partial charge in [-0.25, -0.2) is 9.97 Å². The molecule has 0 amide bonds. The lowest BCUT2D eigenvalue weighted by atomic mass is 10.2. The molecule has 0 bridgehead atoms. The topological polar surface area (TPSA) is 51.1 Å². The van der Waals surface area contributed by atoms with Gasteiger partial charge in [0.1, 0.15) is 17.9 Å². The van der Waals surface area contributed by atoms with E-state index < -0.39 is 0 Å². The molecular weight excluding hydrogens is 288 g/mol. The van der Waals surface area contributed by atoms with E-state index >= 15 is 0 Å². The molecule has 0 spiro atoms. The molecule has 1 aliphatic heterocycles. The number of hydrogen-bond donors (Lipinski definition) is 0. The van der Waals surface area contributed by atoms with E-state index in [-0.39, 0.29) is 0 Å². The normalized spacial score (nSPS) is 17.6. The summed E-state index contributed by atoms with van der Waals surface area (Å²) >= 11 is 0. The zero-order valence-corrected chi connectivity index (χ0v) is 12.8. The van der Waals surface area contributed by atoms with E-state index in [1.165, 1.54) is 0 Å². The largest absolute Gasteiger partial charge is 0.491 e. The Kier molecular flexibility index (Phi) is 3.76. The lowest BCUT2D eigenvalue weighted by Gasteiger charge is -2.26. The van der Waals surface area contributed by atoms with Gasteiger partial charge in [0.05, 0.1) is 11.6 Å². The molecule has 1 atom stereocenters. The summed E-state index contributed by atoms with van der Waals surface area (Å²) in [5.74, 6) is 1.82.